The first-order chi connectivity index (χ1) is 7.53. The predicted octanol–water partition coefficient (Wildman–Crippen LogP) is 3.87. The second-order valence-electron chi connectivity index (χ2n) is 5.88. The summed E-state index contributed by atoms with van der Waals surface area (Å²) in [6.45, 7) is 7.04. The van der Waals surface area contributed by atoms with Crippen molar-refractivity contribution in [3.8, 4) is 0 Å². The van der Waals surface area contributed by atoms with Crippen LogP contribution in [0.3, 0.4) is 0 Å². The van der Waals surface area contributed by atoms with Crippen molar-refractivity contribution in [1.82, 2.24) is 0 Å². The number of rotatable bonds is 6. The summed E-state index contributed by atoms with van der Waals surface area (Å²) < 4.78 is 0. The minimum atomic E-state index is 0.435. The quantitative estimate of drug-likeness (QED) is 0.633. The normalized spacial score (nSPS) is 16.7. The molecule has 1 aromatic carbocycles. The Morgan fingerprint density at radius 2 is 1.88 bits per heavy atom. The summed E-state index contributed by atoms with van der Waals surface area (Å²) in [5, 5.41) is 0.435. The van der Waals surface area contributed by atoms with Crippen molar-refractivity contribution in [2.24, 2.45) is 5.92 Å². The summed E-state index contributed by atoms with van der Waals surface area (Å²) in [6, 6.07) is 10.9. The van der Waals surface area contributed by atoms with Crippen molar-refractivity contribution in [2.75, 3.05) is 0 Å². The smallest absolute Gasteiger partial charge is 0.0666 e. The molecule has 0 aliphatic carbocycles. The molecule has 0 fully saturated rings. The van der Waals surface area contributed by atoms with Gasteiger partial charge in [0.2, 0.25) is 0 Å². The van der Waals surface area contributed by atoms with E-state index < -0.39 is 0 Å². The first-order valence-corrected chi connectivity index (χ1v) is 6.57. The maximum Gasteiger partial charge on any atom is 0.109 e. The summed E-state index contributed by atoms with van der Waals surface area (Å²) in [5.41, 5.74) is 1.47. The Hall–Kier alpha value is -0.715. The molecule has 88 valence electrons. The molecular weight excluding hydrogens is 191 g/mol. The van der Waals surface area contributed by atoms with Gasteiger partial charge in [-0.05, 0) is 17.9 Å². The highest BCUT2D eigenvalue weighted by Gasteiger charge is 2.19. The molecule has 16 heavy (non-hydrogen) atoms. The van der Waals surface area contributed by atoms with Gasteiger partial charge in [0, 0.05) is 0 Å². The molecule has 0 aliphatic rings. The van der Waals surface area contributed by atoms with Crippen LogP contribution in [0, 0.1) is 5.92 Å². The number of hydrogen-bond donors (Lipinski definition) is 0. The average molecular weight is 216 g/mol. The van der Waals surface area contributed by atoms with E-state index in [1.807, 2.05) is 0 Å². The standard InChI is InChI=1S/C15H25B/c1-4-13(2)10-11-15(3,16)12-14-8-6-5-7-9-14/h5-9,13H,4,10-12,16H2,1-3H3. The molecule has 1 aromatic rings. The second-order valence-corrected chi connectivity index (χ2v) is 5.88. The molecule has 0 amide bonds. The van der Waals surface area contributed by atoms with Crippen LogP contribution in [0.2, 0.25) is 5.31 Å². The van der Waals surface area contributed by atoms with Crippen LogP contribution in [0.15, 0.2) is 30.3 Å². The van der Waals surface area contributed by atoms with Gasteiger partial charge in [0.15, 0.2) is 0 Å². The molecular formula is C15H25B. The lowest BCUT2D eigenvalue weighted by Crippen LogP contribution is -2.13. The third-order valence-corrected chi connectivity index (χ3v) is 3.54. The summed E-state index contributed by atoms with van der Waals surface area (Å²) in [7, 11) is 2.39. The third-order valence-electron chi connectivity index (χ3n) is 3.54. The van der Waals surface area contributed by atoms with Crippen LogP contribution in [0.25, 0.3) is 0 Å². The fraction of sp³-hybridized carbons (Fsp3) is 0.600. The molecule has 2 atom stereocenters. The highest BCUT2D eigenvalue weighted by atomic mass is 14.2. The fourth-order valence-electron chi connectivity index (χ4n) is 2.08. The largest absolute Gasteiger partial charge is 0.109 e. The zero-order chi connectivity index (χ0) is 12.0. The van der Waals surface area contributed by atoms with Gasteiger partial charge in [0.25, 0.3) is 0 Å². The van der Waals surface area contributed by atoms with Crippen molar-refractivity contribution in [3.63, 3.8) is 0 Å². The first kappa shape index (κ1) is 13.4. The van der Waals surface area contributed by atoms with E-state index >= 15 is 0 Å². The molecule has 0 aromatic heterocycles. The average Bonchev–Trinajstić information content (AvgIpc) is 2.27. The Morgan fingerprint density at radius 1 is 1.25 bits per heavy atom. The van der Waals surface area contributed by atoms with Crippen LogP contribution < -0.4 is 0 Å². The third kappa shape index (κ3) is 4.87. The van der Waals surface area contributed by atoms with Crippen molar-refractivity contribution >= 4 is 7.85 Å². The molecule has 0 heterocycles. The van der Waals surface area contributed by atoms with Crippen LogP contribution in [-0.2, 0) is 6.42 Å². The van der Waals surface area contributed by atoms with E-state index in [0.29, 0.717) is 5.31 Å². The molecule has 1 rings (SSSR count). The fourth-order valence-corrected chi connectivity index (χ4v) is 2.08. The van der Waals surface area contributed by atoms with E-state index in [1.54, 1.807) is 0 Å². The van der Waals surface area contributed by atoms with Gasteiger partial charge in [-0.2, -0.15) is 0 Å². The number of hydrogen-bond acceptors (Lipinski definition) is 0. The molecule has 1 heteroatoms. The highest BCUT2D eigenvalue weighted by molar-refractivity contribution is 6.15. The van der Waals surface area contributed by atoms with Crippen LogP contribution in [0.5, 0.6) is 0 Å². The van der Waals surface area contributed by atoms with Crippen molar-refractivity contribution in [2.45, 2.75) is 51.8 Å². The predicted molar refractivity (Wildman–Crippen MR) is 75.7 cm³/mol. The topological polar surface area (TPSA) is 0 Å². The van der Waals surface area contributed by atoms with Gasteiger partial charge in [-0.15, -0.1) is 0 Å². The van der Waals surface area contributed by atoms with E-state index in [2.05, 4.69) is 58.9 Å². The lowest BCUT2D eigenvalue weighted by atomic mass is 9.63. The van der Waals surface area contributed by atoms with Gasteiger partial charge in [0.1, 0.15) is 7.85 Å². The molecule has 0 nitrogen and oxygen atoms in total. The minimum absolute atomic E-state index is 0.435. The van der Waals surface area contributed by atoms with Crippen LogP contribution in [0.1, 0.15) is 45.6 Å². The van der Waals surface area contributed by atoms with Crippen molar-refractivity contribution < 1.29 is 0 Å². The van der Waals surface area contributed by atoms with Crippen LogP contribution >= 0.6 is 0 Å². The van der Waals surface area contributed by atoms with E-state index in [1.165, 1.54) is 31.2 Å². The summed E-state index contributed by atoms with van der Waals surface area (Å²) in [5.74, 6) is 0.870. The first-order valence-electron chi connectivity index (χ1n) is 6.57. The van der Waals surface area contributed by atoms with Crippen LogP contribution in [0.4, 0.5) is 0 Å². The maximum absolute atomic E-state index is 2.39. The molecule has 0 bridgehead atoms. The van der Waals surface area contributed by atoms with E-state index in [9.17, 15) is 0 Å². The Bertz CT molecular complexity index is 290. The van der Waals surface area contributed by atoms with E-state index in [0.717, 1.165) is 5.92 Å². The summed E-state index contributed by atoms with van der Waals surface area (Å²) in [6.07, 6.45) is 5.19. The second kappa shape index (κ2) is 6.13. The maximum atomic E-state index is 2.39. The zero-order valence-corrected chi connectivity index (χ0v) is 11.3. The van der Waals surface area contributed by atoms with Gasteiger partial charge >= 0.3 is 0 Å². The Labute approximate surface area is 102 Å². The molecule has 0 aliphatic heterocycles. The molecule has 2 unspecified atom stereocenters. The van der Waals surface area contributed by atoms with E-state index in [4.69, 9.17) is 0 Å². The van der Waals surface area contributed by atoms with Crippen molar-refractivity contribution in [1.29, 1.82) is 0 Å². The van der Waals surface area contributed by atoms with Gasteiger partial charge < -0.3 is 0 Å². The van der Waals surface area contributed by atoms with Gasteiger partial charge in [-0.3, -0.25) is 0 Å². The van der Waals surface area contributed by atoms with E-state index in [-0.39, 0.29) is 0 Å². The molecule has 0 saturated carbocycles. The monoisotopic (exact) mass is 216 g/mol. The molecule has 0 N–H and O–H groups in total. The van der Waals surface area contributed by atoms with Gasteiger partial charge in [-0.1, -0.05) is 75.7 Å². The Balaban J connectivity index is 2.45. The lowest BCUT2D eigenvalue weighted by Gasteiger charge is -2.26. The molecule has 0 radical (unpaired) electrons. The summed E-state index contributed by atoms with van der Waals surface area (Å²) >= 11 is 0. The lowest BCUT2D eigenvalue weighted by molar-refractivity contribution is 0.434. The molecule has 0 saturated heterocycles. The Morgan fingerprint density at radius 3 is 2.44 bits per heavy atom. The van der Waals surface area contributed by atoms with Gasteiger partial charge in [-0.25, -0.2) is 0 Å². The Kier molecular flexibility index (Phi) is 5.11. The SMILES string of the molecule is BC(C)(CCC(C)CC)Cc1ccccc1. The highest BCUT2D eigenvalue weighted by Crippen LogP contribution is 2.33. The number of benzene rings is 1. The van der Waals surface area contributed by atoms with Crippen molar-refractivity contribution in [3.05, 3.63) is 35.9 Å². The molecule has 0 spiro atoms. The summed E-state index contributed by atoms with van der Waals surface area (Å²) in [4.78, 5) is 0. The van der Waals surface area contributed by atoms with Gasteiger partial charge in [0.05, 0.1) is 0 Å². The zero-order valence-electron chi connectivity index (χ0n) is 11.3. The van der Waals surface area contributed by atoms with Crippen LogP contribution in [-0.4, -0.2) is 7.85 Å². The minimum Gasteiger partial charge on any atom is -0.0666 e.